The molecule has 158 valence electrons. The summed E-state index contributed by atoms with van der Waals surface area (Å²) >= 11 is 0. The van der Waals surface area contributed by atoms with Gasteiger partial charge in [-0.25, -0.2) is 12.8 Å². The molecule has 0 spiro atoms. The van der Waals surface area contributed by atoms with Crippen molar-refractivity contribution in [2.75, 3.05) is 0 Å². The second-order valence-corrected chi connectivity index (χ2v) is 9.43. The van der Waals surface area contributed by atoms with Crippen molar-refractivity contribution in [2.24, 2.45) is 0 Å². The minimum absolute atomic E-state index is 0. The van der Waals surface area contributed by atoms with Crippen LogP contribution in [0.1, 0.15) is 129 Å². The van der Waals surface area contributed by atoms with Crippen molar-refractivity contribution >= 4 is 10.1 Å². The average molecular weight is 401 g/mol. The van der Waals surface area contributed by atoms with Crippen molar-refractivity contribution in [3.63, 3.8) is 0 Å². The molecule has 0 rings (SSSR count). The van der Waals surface area contributed by atoms with E-state index in [0.29, 0.717) is 12.8 Å². The van der Waals surface area contributed by atoms with Gasteiger partial charge < -0.3 is 4.55 Å². The fourth-order valence-corrected chi connectivity index (χ4v) is 4.21. The van der Waals surface area contributed by atoms with Crippen LogP contribution in [0.3, 0.4) is 0 Å². The summed E-state index contributed by atoms with van der Waals surface area (Å²) in [6.07, 6.45) is 16.3. The van der Waals surface area contributed by atoms with Gasteiger partial charge in [0.2, 0.25) is 0 Å². The number of rotatable bonds is 19. The predicted octanol–water partition coefficient (Wildman–Crippen LogP) is 4.26. The summed E-state index contributed by atoms with van der Waals surface area (Å²) < 4.78 is 48.9. The smallest absolute Gasteiger partial charge is 0.745 e. The molecule has 6 heteroatoms. The molecule has 0 aliphatic heterocycles. The molecule has 0 aromatic heterocycles. The number of hydrogen-bond donors (Lipinski definition) is 0. The largest absolute Gasteiger partial charge is 1.00 e. The van der Waals surface area contributed by atoms with Crippen LogP contribution in [0.2, 0.25) is 0 Å². The van der Waals surface area contributed by atoms with Crippen LogP contribution in [0.4, 0.5) is 4.39 Å². The molecule has 3 nitrogen and oxygen atoms in total. The van der Waals surface area contributed by atoms with Gasteiger partial charge in [0.1, 0.15) is 10.1 Å². The molecular formula is C21H42FLiO3S. The zero-order valence-electron chi connectivity index (χ0n) is 18.2. The van der Waals surface area contributed by atoms with E-state index in [1.165, 1.54) is 51.4 Å². The van der Waals surface area contributed by atoms with E-state index in [0.717, 1.165) is 38.5 Å². The molecule has 0 bridgehead atoms. The van der Waals surface area contributed by atoms with Gasteiger partial charge in [-0.2, -0.15) is 0 Å². The van der Waals surface area contributed by atoms with Crippen molar-refractivity contribution in [3.8, 4) is 0 Å². The summed E-state index contributed by atoms with van der Waals surface area (Å²) in [6.45, 7) is 4.35. The Bertz CT molecular complexity index is 418. The molecule has 0 aliphatic rings. The summed E-state index contributed by atoms with van der Waals surface area (Å²) in [6, 6.07) is 0. The van der Waals surface area contributed by atoms with E-state index in [1.54, 1.807) is 0 Å². The zero-order valence-corrected chi connectivity index (χ0v) is 19.1. The maximum absolute atomic E-state index is 14.7. The monoisotopic (exact) mass is 400 g/mol. The first-order valence-electron chi connectivity index (χ1n) is 11.0. The van der Waals surface area contributed by atoms with Crippen LogP contribution < -0.4 is 18.9 Å². The Hall–Kier alpha value is 0.437. The number of halogens is 1. The molecule has 0 amide bonds. The Morgan fingerprint density at radius 3 is 1.15 bits per heavy atom. The van der Waals surface area contributed by atoms with Gasteiger partial charge in [-0.1, -0.05) is 104 Å². The van der Waals surface area contributed by atoms with Crippen LogP contribution in [0.25, 0.3) is 0 Å². The first-order chi connectivity index (χ1) is 12.4. The Balaban J connectivity index is 0. The molecule has 1 unspecified atom stereocenters. The predicted molar refractivity (Wildman–Crippen MR) is 108 cm³/mol. The summed E-state index contributed by atoms with van der Waals surface area (Å²) in [5, 5.41) is -2.56. The average Bonchev–Trinajstić information content (AvgIpc) is 2.58. The summed E-state index contributed by atoms with van der Waals surface area (Å²) in [5.41, 5.74) is 0. The SMILES string of the molecule is CCCCCCCCCCCC(F)(CCCCCCCCC)S(=O)(=O)[O-].[Li+]. The summed E-state index contributed by atoms with van der Waals surface area (Å²) in [7, 11) is -4.89. The van der Waals surface area contributed by atoms with Crippen molar-refractivity contribution in [1.82, 2.24) is 0 Å². The van der Waals surface area contributed by atoms with Crippen molar-refractivity contribution in [1.29, 1.82) is 0 Å². The first kappa shape index (κ1) is 29.6. The Morgan fingerprint density at radius 1 is 0.630 bits per heavy atom. The van der Waals surface area contributed by atoms with Gasteiger partial charge in [0.05, 0.1) is 0 Å². The first-order valence-corrected chi connectivity index (χ1v) is 12.4. The molecule has 0 aliphatic carbocycles. The Labute approximate surface area is 180 Å². The van der Waals surface area contributed by atoms with E-state index < -0.39 is 15.1 Å². The fourth-order valence-electron chi connectivity index (χ4n) is 3.42. The molecule has 0 fully saturated rings. The van der Waals surface area contributed by atoms with Crippen LogP contribution in [0.15, 0.2) is 0 Å². The molecule has 0 saturated carbocycles. The minimum atomic E-state index is -4.89. The summed E-state index contributed by atoms with van der Waals surface area (Å²) in [5.74, 6) is 0. The van der Waals surface area contributed by atoms with Crippen LogP contribution in [0, 0.1) is 0 Å². The van der Waals surface area contributed by atoms with E-state index >= 15 is 0 Å². The molecule has 0 heterocycles. The van der Waals surface area contributed by atoms with Crippen LogP contribution in [-0.2, 0) is 10.1 Å². The fraction of sp³-hybridized carbons (Fsp3) is 1.00. The Morgan fingerprint density at radius 2 is 0.889 bits per heavy atom. The standard InChI is InChI=1S/C21H43FO3S.Li/c1-3-5-7-9-11-12-14-16-18-20-21(22,26(23,24)25)19-17-15-13-10-8-6-4-2;/h3-20H2,1-2H3,(H,23,24,25);/q;+1/p-1. The third kappa shape index (κ3) is 16.0. The van der Waals surface area contributed by atoms with Crippen molar-refractivity contribution < 1.29 is 36.2 Å². The second-order valence-electron chi connectivity index (χ2n) is 7.79. The van der Waals surface area contributed by atoms with E-state index in [-0.39, 0.29) is 31.7 Å². The van der Waals surface area contributed by atoms with Crippen molar-refractivity contribution in [2.45, 2.75) is 134 Å². The van der Waals surface area contributed by atoms with E-state index in [1.807, 2.05) is 0 Å². The quantitative estimate of drug-likeness (QED) is 0.185. The molecule has 1 atom stereocenters. The normalized spacial score (nSPS) is 13.9. The third-order valence-corrected chi connectivity index (χ3v) is 6.56. The van der Waals surface area contributed by atoms with Crippen LogP contribution in [0.5, 0.6) is 0 Å². The second kappa shape index (κ2) is 18.5. The van der Waals surface area contributed by atoms with E-state index in [2.05, 4.69) is 13.8 Å². The molecule has 0 aromatic carbocycles. The topological polar surface area (TPSA) is 57.2 Å². The maximum Gasteiger partial charge on any atom is 1.00 e. The molecule has 0 radical (unpaired) electrons. The molecule has 0 N–H and O–H groups in total. The van der Waals surface area contributed by atoms with Gasteiger partial charge in [0.25, 0.3) is 0 Å². The zero-order chi connectivity index (χ0) is 19.7. The van der Waals surface area contributed by atoms with Crippen LogP contribution >= 0.6 is 0 Å². The van der Waals surface area contributed by atoms with Gasteiger partial charge in [0.15, 0.2) is 5.00 Å². The summed E-state index contributed by atoms with van der Waals surface area (Å²) in [4.78, 5) is 0. The van der Waals surface area contributed by atoms with Gasteiger partial charge in [0, 0.05) is 0 Å². The van der Waals surface area contributed by atoms with E-state index in [9.17, 15) is 17.4 Å². The molecule has 0 aromatic rings. The molecule has 0 saturated heterocycles. The molecular weight excluding hydrogens is 358 g/mol. The van der Waals surface area contributed by atoms with Gasteiger partial charge >= 0.3 is 18.9 Å². The maximum atomic E-state index is 14.7. The van der Waals surface area contributed by atoms with Gasteiger partial charge in [-0.15, -0.1) is 0 Å². The third-order valence-electron chi connectivity index (χ3n) is 5.26. The van der Waals surface area contributed by atoms with Gasteiger partial charge in [-0.3, -0.25) is 0 Å². The van der Waals surface area contributed by atoms with Crippen LogP contribution in [-0.4, -0.2) is 18.0 Å². The van der Waals surface area contributed by atoms with Gasteiger partial charge in [-0.05, 0) is 25.7 Å². The number of unbranched alkanes of at least 4 members (excludes halogenated alkanes) is 14. The van der Waals surface area contributed by atoms with Crippen molar-refractivity contribution in [3.05, 3.63) is 0 Å². The number of alkyl halides is 1. The Kier molecular flexibility index (Phi) is 20.3. The van der Waals surface area contributed by atoms with E-state index in [4.69, 9.17) is 0 Å². The minimum Gasteiger partial charge on any atom is -0.745 e. The number of hydrogen-bond acceptors (Lipinski definition) is 3. The molecule has 27 heavy (non-hydrogen) atoms.